The fourth-order valence-electron chi connectivity index (χ4n) is 2.60. The van der Waals surface area contributed by atoms with E-state index in [1.807, 2.05) is 73.7 Å². The maximum absolute atomic E-state index is 11.9. The summed E-state index contributed by atoms with van der Waals surface area (Å²) in [6.07, 6.45) is 1.20. The van der Waals surface area contributed by atoms with Crippen LogP contribution in [0.2, 0.25) is 0 Å². The van der Waals surface area contributed by atoms with E-state index < -0.39 is 11.8 Å². The normalized spacial score (nSPS) is 10.6. The van der Waals surface area contributed by atoms with Crippen molar-refractivity contribution in [2.45, 2.75) is 20.0 Å². The first-order valence-corrected chi connectivity index (χ1v) is 9.54. The van der Waals surface area contributed by atoms with E-state index in [9.17, 15) is 9.59 Å². The van der Waals surface area contributed by atoms with Crippen LogP contribution in [-0.4, -0.2) is 18.0 Å². The maximum atomic E-state index is 11.9. The van der Waals surface area contributed by atoms with Gasteiger partial charge in [0.2, 0.25) is 11.8 Å². The molecule has 0 aliphatic heterocycles. The number of rotatable bonds is 8. The SMILES string of the molecule is Cc1ccc(NC(=O)CC(=O)NN=Cc2ccc(OCc3ccccc3)cc2)cc1. The van der Waals surface area contributed by atoms with Crippen LogP contribution in [-0.2, 0) is 16.2 Å². The third kappa shape index (κ3) is 6.91. The van der Waals surface area contributed by atoms with Gasteiger partial charge in [-0.15, -0.1) is 0 Å². The zero-order chi connectivity index (χ0) is 21.2. The summed E-state index contributed by atoms with van der Waals surface area (Å²) in [5.74, 6) is -0.141. The van der Waals surface area contributed by atoms with Gasteiger partial charge in [-0.05, 0) is 54.4 Å². The Morgan fingerprint density at radius 2 is 1.60 bits per heavy atom. The molecule has 0 saturated carbocycles. The predicted molar refractivity (Wildman–Crippen MR) is 117 cm³/mol. The summed E-state index contributed by atoms with van der Waals surface area (Å²) in [6.45, 7) is 2.46. The number of amides is 2. The summed E-state index contributed by atoms with van der Waals surface area (Å²) < 4.78 is 5.73. The smallest absolute Gasteiger partial charge is 0.249 e. The van der Waals surface area contributed by atoms with Gasteiger partial charge in [0.25, 0.3) is 0 Å². The molecule has 6 nitrogen and oxygen atoms in total. The molecule has 0 saturated heterocycles. The quantitative estimate of drug-likeness (QED) is 0.339. The van der Waals surface area contributed by atoms with Gasteiger partial charge < -0.3 is 10.1 Å². The van der Waals surface area contributed by atoms with E-state index in [1.54, 1.807) is 12.1 Å². The molecule has 0 aliphatic carbocycles. The first kappa shape index (κ1) is 20.8. The largest absolute Gasteiger partial charge is 0.489 e. The standard InChI is InChI=1S/C24H23N3O3/c1-18-7-11-21(12-8-18)26-23(28)15-24(29)27-25-16-19-9-13-22(14-10-19)30-17-20-5-3-2-4-6-20/h2-14,16H,15,17H2,1H3,(H,26,28)(H,27,29). The second-order valence-electron chi connectivity index (χ2n) is 6.73. The lowest BCUT2D eigenvalue weighted by molar-refractivity contribution is -0.126. The molecule has 30 heavy (non-hydrogen) atoms. The van der Waals surface area contributed by atoms with E-state index in [4.69, 9.17) is 4.74 Å². The van der Waals surface area contributed by atoms with Crippen LogP contribution in [0.15, 0.2) is 84.0 Å². The van der Waals surface area contributed by atoms with Crippen molar-refractivity contribution in [1.29, 1.82) is 0 Å². The molecule has 3 aromatic carbocycles. The van der Waals surface area contributed by atoms with Gasteiger partial charge in [0.1, 0.15) is 18.8 Å². The zero-order valence-corrected chi connectivity index (χ0v) is 16.7. The Morgan fingerprint density at radius 1 is 0.900 bits per heavy atom. The van der Waals surface area contributed by atoms with Crippen molar-refractivity contribution in [2.24, 2.45) is 5.10 Å². The Morgan fingerprint density at radius 3 is 2.30 bits per heavy atom. The number of aryl methyl sites for hydroxylation is 1. The number of nitrogens with zero attached hydrogens (tertiary/aromatic N) is 1. The Kier molecular flexibility index (Phi) is 7.33. The molecule has 0 fully saturated rings. The van der Waals surface area contributed by atoms with Crippen LogP contribution in [0.1, 0.15) is 23.1 Å². The summed E-state index contributed by atoms with van der Waals surface area (Å²) in [5, 5.41) is 6.56. The number of nitrogens with one attached hydrogen (secondary N) is 2. The Labute approximate surface area is 175 Å². The summed E-state index contributed by atoms with van der Waals surface area (Å²) in [6, 6.07) is 24.6. The van der Waals surface area contributed by atoms with Gasteiger partial charge in [-0.2, -0.15) is 5.10 Å². The number of carbonyl (C=O) groups is 2. The summed E-state index contributed by atoms with van der Waals surface area (Å²) in [7, 11) is 0. The third-order valence-corrected chi connectivity index (χ3v) is 4.19. The van der Waals surface area contributed by atoms with E-state index in [0.717, 1.165) is 22.4 Å². The van der Waals surface area contributed by atoms with E-state index in [-0.39, 0.29) is 6.42 Å². The van der Waals surface area contributed by atoms with Crippen molar-refractivity contribution in [3.05, 3.63) is 95.6 Å². The van der Waals surface area contributed by atoms with Crippen LogP contribution < -0.4 is 15.5 Å². The lowest BCUT2D eigenvalue weighted by atomic mass is 10.2. The highest BCUT2D eigenvalue weighted by atomic mass is 16.5. The molecule has 0 heterocycles. The molecule has 0 bridgehead atoms. The van der Waals surface area contributed by atoms with Crippen molar-refractivity contribution in [3.63, 3.8) is 0 Å². The van der Waals surface area contributed by atoms with Crippen LogP contribution in [0, 0.1) is 6.92 Å². The van der Waals surface area contributed by atoms with Gasteiger partial charge >= 0.3 is 0 Å². The Bertz CT molecular complexity index is 998. The van der Waals surface area contributed by atoms with E-state index >= 15 is 0 Å². The maximum Gasteiger partial charge on any atom is 0.249 e. The minimum atomic E-state index is -0.487. The van der Waals surface area contributed by atoms with Crippen LogP contribution in [0.25, 0.3) is 0 Å². The molecule has 2 N–H and O–H groups in total. The van der Waals surface area contributed by atoms with Gasteiger partial charge in [0, 0.05) is 5.69 Å². The van der Waals surface area contributed by atoms with Crippen molar-refractivity contribution in [2.75, 3.05) is 5.32 Å². The summed E-state index contributed by atoms with van der Waals surface area (Å²) >= 11 is 0. The predicted octanol–water partition coefficient (Wildman–Crippen LogP) is 4.05. The van der Waals surface area contributed by atoms with Crippen LogP contribution in [0.3, 0.4) is 0 Å². The molecular formula is C24H23N3O3. The van der Waals surface area contributed by atoms with Crippen molar-refractivity contribution in [3.8, 4) is 5.75 Å². The number of benzene rings is 3. The van der Waals surface area contributed by atoms with Crippen LogP contribution in [0.4, 0.5) is 5.69 Å². The monoisotopic (exact) mass is 401 g/mol. The molecule has 2 amide bonds. The Hall–Kier alpha value is -3.93. The number of hydrogen-bond donors (Lipinski definition) is 2. The molecule has 152 valence electrons. The molecule has 3 aromatic rings. The number of hydrogen-bond acceptors (Lipinski definition) is 4. The molecule has 0 unspecified atom stereocenters. The highest BCUT2D eigenvalue weighted by Gasteiger charge is 2.08. The van der Waals surface area contributed by atoms with Crippen molar-refractivity contribution >= 4 is 23.7 Å². The summed E-state index contributed by atoms with van der Waals surface area (Å²) in [4.78, 5) is 23.8. The van der Waals surface area contributed by atoms with Gasteiger partial charge in [-0.25, -0.2) is 5.43 Å². The van der Waals surface area contributed by atoms with Crippen LogP contribution in [0.5, 0.6) is 5.75 Å². The average molecular weight is 401 g/mol. The fraction of sp³-hybridized carbons (Fsp3) is 0.125. The Balaban J connectivity index is 1.41. The molecule has 0 radical (unpaired) electrons. The summed E-state index contributed by atoms with van der Waals surface area (Å²) in [5.41, 5.74) is 5.99. The highest BCUT2D eigenvalue weighted by Crippen LogP contribution is 2.13. The molecule has 0 aliphatic rings. The first-order chi connectivity index (χ1) is 14.6. The molecule has 6 heteroatoms. The molecule has 0 atom stereocenters. The lowest BCUT2D eigenvalue weighted by Gasteiger charge is -2.06. The average Bonchev–Trinajstić information content (AvgIpc) is 2.75. The lowest BCUT2D eigenvalue weighted by Crippen LogP contribution is -2.24. The minimum absolute atomic E-state index is 0.308. The number of anilines is 1. The van der Waals surface area contributed by atoms with Crippen molar-refractivity contribution in [1.82, 2.24) is 5.43 Å². The fourth-order valence-corrected chi connectivity index (χ4v) is 2.60. The number of hydrazone groups is 1. The second-order valence-corrected chi connectivity index (χ2v) is 6.73. The third-order valence-electron chi connectivity index (χ3n) is 4.19. The molecular weight excluding hydrogens is 378 g/mol. The molecule has 3 rings (SSSR count). The molecule has 0 spiro atoms. The zero-order valence-electron chi connectivity index (χ0n) is 16.7. The molecule has 0 aromatic heterocycles. The number of ether oxygens (including phenoxy) is 1. The topological polar surface area (TPSA) is 79.8 Å². The van der Waals surface area contributed by atoms with Gasteiger partial charge in [-0.1, -0.05) is 48.0 Å². The second kappa shape index (κ2) is 10.6. The van der Waals surface area contributed by atoms with E-state index in [1.165, 1.54) is 6.21 Å². The van der Waals surface area contributed by atoms with Crippen LogP contribution >= 0.6 is 0 Å². The minimum Gasteiger partial charge on any atom is -0.489 e. The first-order valence-electron chi connectivity index (χ1n) is 9.54. The number of carbonyl (C=O) groups excluding carboxylic acids is 2. The van der Waals surface area contributed by atoms with Crippen molar-refractivity contribution < 1.29 is 14.3 Å². The van der Waals surface area contributed by atoms with E-state index in [0.29, 0.717) is 12.3 Å². The van der Waals surface area contributed by atoms with Gasteiger partial charge in [0.05, 0.1) is 6.21 Å². The van der Waals surface area contributed by atoms with Gasteiger partial charge in [-0.3, -0.25) is 9.59 Å². The van der Waals surface area contributed by atoms with Gasteiger partial charge in [0.15, 0.2) is 0 Å². The highest BCUT2D eigenvalue weighted by molar-refractivity contribution is 6.03. The van der Waals surface area contributed by atoms with E-state index in [2.05, 4.69) is 15.8 Å².